The minimum Gasteiger partial charge on any atom is -0.491 e. The molecule has 0 spiro atoms. The first-order valence-corrected chi connectivity index (χ1v) is 10.6. The van der Waals surface area contributed by atoms with E-state index >= 15 is 0 Å². The Morgan fingerprint density at radius 3 is 2.41 bits per heavy atom. The van der Waals surface area contributed by atoms with E-state index in [0.717, 1.165) is 9.54 Å². The SMILES string of the molecule is CCOC(=O)c1cc2cc(OCCOC)ccc2n1S(=O)(=O)c1ccc(C)cc1. The van der Waals surface area contributed by atoms with E-state index in [2.05, 4.69) is 0 Å². The number of aromatic nitrogens is 1. The molecule has 0 fully saturated rings. The summed E-state index contributed by atoms with van der Waals surface area (Å²) in [6.07, 6.45) is 0. The van der Waals surface area contributed by atoms with Gasteiger partial charge in [-0.15, -0.1) is 0 Å². The van der Waals surface area contributed by atoms with Crippen LogP contribution in [0.15, 0.2) is 53.4 Å². The van der Waals surface area contributed by atoms with E-state index in [1.54, 1.807) is 44.4 Å². The average molecular weight is 417 g/mol. The van der Waals surface area contributed by atoms with Crippen molar-refractivity contribution in [2.45, 2.75) is 18.7 Å². The maximum absolute atomic E-state index is 13.4. The Morgan fingerprint density at radius 2 is 1.76 bits per heavy atom. The van der Waals surface area contributed by atoms with Crippen molar-refractivity contribution in [2.75, 3.05) is 26.9 Å². The van der Waals surface area contributed by atoms with Crippen molar-refractivity contribution in [3.05, 3.63) is 59.8 Å². The molecule has 0 saturated carbocycles. The Bertz CT molecular complexity index is 1120. The van der Waals surface area contributed by atoms with Crippen LogP contribution in [0.2, 0.25) is 0 Å². The summed E-state index contributed by atoms with van der Waals surface area (Å²) in [5, 5.41) is 0.554. The van der Waals surface area contributed by atoms with Crippen LogP contribution in [0.3, 0.4) is 0 Å². The van der Waals surface area contributed by atoms with Gasteiger partial charge in [0.2, 0.25) is 0 Å². The maximum Gasteiger partial charge on any atom is 0.356 e. The summed E-state index contributed by atoms with van der Waals surface area (Å²) < 4.78 is 43.4. The predicted octanol–water partition coefficient (Wildman–Crippen LogP) is 3.39. The van der Waals surface area contributed by atoms with Crippen LogP contribution in [0.1, 0.15) is 23.0 Å². The number of aryl methyl sites for hydroxylation is 1. The number of methoxy groups -OCH3 is 1. The van der Waals surface area contributed by atoms with Gasteiger partial charge in [0.25, 0.3) is 10.0 Å². The third-order valence-electron chi connectivity index (χ3n) is 4.33. The number of benzene rings is 2. The fourth-order valence-corrected chi connectivity index (χ4v) is 4.43. The molecule has 1 aromatic heterocycles. The molecular formula is C21H23NO6S. The standard InChI is InChI=1S/C21H23NO6S/c1-4-27-21(23)20-14-16-13-17(28-12-11-26-3)7-10-19(16)22(20)29(24,25)18-8-5-15(2)6-9-18/h5-10,13-14H,4,11-12H2,1-3H3. The molecule has 0 atom stereocenters. The molecule has 0 aliphatic carbocycles. The van der Waals surface area contributed by atoms with Gasteiger partial charge in [0.15, 0.2) is 0 Å². The highest BCUT2D eigenvalue weighted by Gasteiger charge is 2.27. The zero-order valence-corrected chi connectivity index (χ0v) is 17.4. The molecule has 0 N–H and O–H groups in total. The average Bonchev–Trinajstić information content (AvgIpc) is 3.08. The summed E-state index contributed by atoms with van der Waals surface area (Å²) in [6, 6.07) is 12.9. The van der Waals surface area contributed by atoms with Crippen LogP contribution in [0.5, 0.6) is 5.75 Å². The van der Waals surface area contributed by atoms with E-state index in [4.69, 9.17) is 14.2 Å². The molecule has 3 rings (SSSR count). The van der Waals surface area contributed by atoms with Crippen molar-refractivity contribution < 1.29 is 27.4 Å². The van der Waals surface area contributed by atoms with Gasteiger partial charge in [-0.25, -0.2) is 17.2 Å². The fraction of sp³-hybridized carbons (Fsp3) is 0.286. The summed E-state index contributed by atoms with van der Waals surface area (Å²) in [5.74, 6) is -0.156. The number of carbonyl (C=O) groups is 1. The van der Waals surface area contributed by atoms with Crippen LogP contribution in [0.25, 0.3) is 10.9 Å². The smallest absolute Gasteiger partial charge is 0.356 e. The lowest BCUT2D eigenvalue weighted by Crippen LogP contribution is -2.19. The van der Waals surface area contributed by atoms with Crippen molar-refractivity contribution >= 4 is 26.9 Å². The Labute approximate surface area is 169 Å². The summed E-state index contributed by atoms with van der Waals surface area (Å²) in [5.41, 5.74) is 1.24. The first kappa shape index (κ1) is 20.9. The second kappa shape index (κ2) is 8.67. The monoisotopic (exact) mass is 417 g/mol. The highest BCUT2D eigenvalue weighted by atomic mass is 32.2. The molecule has 29 heavy (non-hydrogen) atoms. The van der Waals surface area contributed by atoms with Gasteiger partial charge in [-0.1, -0.05) is 17.7 Å². The normalized spacial score (nSPS) is 11.6. The number of nitrogens with zero attached hydrogens (tertiary/aromatic N) is 1. The summed E-state index contributed by atoms with van der Waals surface area (Å²) in [6.45, 7) is 4.46. The maximum atomic E-state index is 13.4. The molecule has 0 amide bonds. The molecule has 7 nitrogen and oxygen atoms in total. The van der Waals surface area contributed by atoms with Gasteiger partial charge in [0.1, 0.15) is 18.1 Å². The molecule has 0 aliphatic heterocycles. The van der Waals surface area contributed by atoms with Crippen molar-refractivity contribution in [3.8, 4) is 5.75 Å². The first-order chi connectivity index (χ1) is 13.9. The van der Waals surface area contributed by atoms with E-state index < -0.39 is 16.0 Å². The molecule has 3 aromatic rings. The Morgan fingerprint density at radius 1 is 1.03 bits per heavy atom. The van der Waals surface area contributed by atoms with Gasteiger partial charge in [0.05, 0.1) is 23.6 Å². The predicted molar refractivity (Wildman–Crippen MR) is 109 cm³/mol. The van der Waals surface area contributed by atoms with Crippen molar-refractivity contribution in [3.63, 3.8) is 0 Å². The summed E-state index contributed by atoms with van der Waals surface area (Å²) in [7, 11) is -2.43. The minimum absolute atomic E-state index is 0.0588. The van der Waals surface area contributed by atoms with Crippen LogP contribution in [0.4, 0.5) is 0 Å². The second-order valence-corrected chi connectivity index (χ2v) is 8.18. The van der Waals surface area contributed by atoms with Gasteiger partial charge in [-0.05, 0) is 50.2 Å². The van der Waals surface area contributed by atoms with Gasteiger partial charge >= 0.3 is 5.97 Å². The molecule has 0 radical (unpaired) electrons. The lowest BCUT2D eigenvalue weighted by atomic mass is 10.2. The Hall–Kier alpha value is -2.84. The van der Waals surface area contributed by atoms with E-state index in [0.29, 0.717) is 29.9 Å². The number of hydrogen-bond donors (Lipinski definition) is 0. The highest BCUT2D eigenvalue weighted by Crippen LogP contribution is 2.29. The molecule has 8 heteroatoms. The number of esters is 1. The third-order valence-corrected chi connectivity index (χ3v) is 6.07. The van der Waals surface area contributed by atoms with E-state index in [1.807, 2.05) is 6.92 Å². The number of rotatable bonds is 8. The van der Waals surface area contributed by atoms with Gasteiger partial charge in [-0.3, -0.25) is 0 Å². The summed E-state index contributed by atoms with van der Waals surface area (Å²) in [4.78, 5) is 12.6. The number of hydrogen-bond acceptors (Lipinski definition) is 6. The van der Waals surface area contributed by atoms with Crippen LogP contribution in [-0.4, -0.2) is 45.3 Å². The zero-order chi connectivity index (χ0) is 21.0. The van der Waals surface area contributed by atoms with Crippen LogP contribution >= 0.6 is 0 Å². The van der Waals surface area contributed by atoms with Gasteiger partial charge in [-0.2, -0.15) is 0 Å². The molecule has 0 unspecified atom stereocenters. The summed E-state index contributed by atoms with van der Waals surface area (Å²) >= 11 is 0. The van der Waals surface area contributed by atoms with Crippen molar-refractivity contribution in [1.82, 2.24) is 3.97 Å². The number of fused-ring (bicyclic) bond motifs is 1. The highest BCUT2D eigenvalue weighted by molar-refractivity contribution is 7.90. The van der Waals surface area contributed by atoms with Gasteiger partial charge in [0, 0.05) is 12.5 Å². The van der Waals surface area contributed by atoms with E-state index in [-0.39, 0.29) is 17.2 Å². The molecule has 2 aromatic carbocycles. The topological polar surface area (TPSA) is 83.8 Å². The van der Waals surface area contributed by atoms with Crippen LogP contribution in [-0.2, 0) is 19.5 Å². The zero-order valence-electron chi connectivity index (χ0n) is 16.5. The minimum atomic E-state index is -4.01. The lowest BCUT2D eigenvalue weighted by Gasteiger charge is -2.12. The molecule has 154 valence electrons. The molecule has 0 aliphatic rings. The van der Waals surface area contributed by atoms with Crippen LogP contribution in [0, 0.1) is 6.92 Å². The van der Waals surface area contributed by atoms with E-state index in [1.165, 1.54) is 18.2 Å². The van der Waals surface area contributed by atoms with E-state index in [9.17, 15) is 13.2 Å². The van der Waals surface area contributed by atoms with Crippen LogP contribution < -0.4 is 4.74 Å². The molecule has 1 heterocycles. The van der Waals surface area contributed by atoms with Crippen molar-refractivity contribution in [2.24, 2.45) is 0 Å². The quantitative estimate of drug-likeness (QED) is 0.413. The second-order valence-electron chi connectivity index (χ2n) is 6.39. The fourth-order valence-electron chi connectivity index (χ4n) is 2.92. The largest absolute Gasteiger partial charge is 0.491 e. The van der Waals surface area contributed by atoms with Gasteiger partial charge < -0.3 is 14.2 Å². The Balaban J connectivity index is 2.15. The third kappa shape index (κ3) is 4.28. The molecular weight excluding hydrogens is 394 g/mol. The van der Waals surface area contributed by atoms with Crippen molar-refractivity contribution in [1.29, 1.82) is 0 Å². The molecule has 0 saturated heterocycles. The Kier molecular flexibility index (Phi) is 6.24. The first-order valence-electron chi connectivity index (χ1n) is 9.15. The lowest BCUT2D eigenvalue weighted by molar-refractivity contribution is 0.0518. The molecule has 0 bridgehead atoms. The number of ether oxygens (including phenoxy) is 3. The number of carbonyl (C=O) groups excluding carboxylic acids is 1.